The minimum atomic E-state index is -0.0668. The van der Waals surface area contributed by atoms with E-state index in [2.05, 4.69) is 20.5 Å². The van der Waals surface area contributed by atoms with Gasteiger partial charge in [0.05, 0.1) is 34.2 Å². The number of anilines is 1. The van der Waals surface area contributed by atoms with Crippen molar-refractivity contribution in [1.82, 2.24) is 15.2 Å². The molecule has 0 saturated carbocycles. The summed E-state index contributed by atoms with van der Waals surface area (Å²) in [5.74, 6) is -0.0668. The maximum absolute atomic E-state index is 11.8. The van der Waals surface area contributed by atoms with Gasteiger partial charge in [0.1, 0.15) is 0 Å². The zero-order valence-corrected chi connectivity index (χ0v) is 10.8. The van der Waals surface area contributed by atoms with Gasteiger partial charge in [0.15, 0.2) is 0 Å². The maximum Gasteiger partial charge on any atom is 0.230 e. The average Bonchev–Trinajstić information content (AvgIpc) is 2.79. The number of aryl methyl sites for hydroxylation is 3. The van der Waals surface area contributed by atoms with E-state index in [1.165, 1.54) is 0 Å². The van der Waals surface area contributed by atoms with Gasteiger partial charge in [-0.2, -0.15) is 5.10 Å². The summed E-state index contributed by atoms with van der Waals surface area (Å²) in [7, 11) is 0. The van der Waals surface area contributed by atoms with Crippen molar-refractivity contribution < 1.29 is 4.79 Å². The number of nitrogens with zero attached hydrogens (tertiary/aromatic N) is 2. The number of H-pyrrole nitrogens is 1. The highest BCUT2D eigenvalue weighted by molar-refractivity contribution is 7.09. The first-order valence-corrected chi connectivity index (χ1v) is 6.16. The summed E-state index contributed by atoms with van der Waals surface area (Å²) in [6.07, 6.45) is 0.300. The van der Waals surface area contributed by atoms with Crippen LogP contribution in [0.2, 0.25) is 0 Å². The molecule has 0 aliphatic rings. The molecule has 1 amide bonds. The van der Waals surface area contributed by atoms with Crippen LogP contribution in [0.15, 0.2) is 5.38 Å². The molecule has 6 heteroatoms. The number of carbonyl (C=O) groups is 1. The van der Waals surface area contributed by atoms with E-state index in [4.69, 9.17) is 0 Å². The Morgan fingerprint density at radius 3 is 2.76 bits per heavy atom. The predicted octanol–water partition coefficient (Wildman–Crippen LogP) is 1.97. The quantitative estimate of drug-likeness (QED) is 0.875. The Labute approximate surface area is 103 Å². The third-order valence-corrected chi connectivity index (χ3v) is 3.22. The summed E-state index contributed by atoms with van der Waals surface area (Å²) in [6, 6.07) is 0. The van der Waals surface area contributed by atoms with Crippen LogP contribution >= 0.6 is 11.3 Å². The van der Waals surface area contributed by atoms with E-state index in [1.54, 1.807) is 11.3 Å². The lowest BCUT2D eigenvalue weighted by Gasteiger charge is -2.03. The summed E-state index contributed by atoms with van der Waals surface area (Å²) in [5.41, 5.74) is 3.24. The van der Waals surface area contributed by atoms with Crippen LogP contribution in [0.3, 0.4) is 0 Å². The van der Waals surface area contributed by atoms with Crippen molar-refractivity contribution in [3.63, 3.8) is 0 Å². The molecule has 0 aromatic carbocycles. The van der Waals surface area contributed by atoms with Crippen LogP contribution in [0.4, 0.5) is 5.69 Å². The first kappa shape index (κ1) is 11.8. The largest absolute Gasteiger partial charge is 0.323 e. The normalized spacial score (nSPS) is 10.5. The van der Waals surface area contributed by atoms with Gasteiger partial charge in [0, 0.05) is 5.38 Å². The third kappa shape index (κ3) is 2.71. The molecule has 2 aromatic heterocycles. The van der Waals surface area contributed by atoms with E-state index in [1.807, 2.05) is 26.2 Å². The molecule has 2 heterocycles. The molecule has 17 heavy (non-hydrogen) atoms. The first-order chi connectivity index (χ1) is 8.06. The number of carbonyl (C=O) groups excluding carboxylic acids is 1. The second-order valence-electron chi connectivity index (χ2n) is 3.89. The predicted molar refractivity (Wildman–Crippen MR) is 67.2 cm³/mol. The van der Waals surface area contributed by atoms with Gasteiger partial charge in [0.2, 0.25) is 5.91 Å². The summed E-state index contributed by atoms with van der Waals surface area (Å²) < 4.78 is 0. The highest BCUT2D eigenvalue weighted by Crippen LogP contribution is 2.16. The van der Waals surface area contributed by atoms with Crippen LogP contribution in [-0.2, 0) is 11.2 Å². The molecule has 0 bridgehead atoms. The molecule has 2 aromatic rings. The molecule has 2 rings (SSSR count). The number of hydrogen-bond acceptors (Lipinski definition) is 4. The molecule has 0 fully saturated rings. The van der Waals surface area contributed by atoms with Crippen LogP contribution in [0.25, 0.3) is 0 Å². The number of hydrogen-bond donors (Lipinski definition) is 2. The topological polar surface area (TPSA) is 70.7 Å². The van der Waals surface area contributed by atoms with E-state index in [-0.39, 0.29) is 5.91 Å². The fourth-order valence-corrected chi connectivity index (χ4v) is 2.19. The van der Waals surface area contributed by atoms with Crippen molar-refractivity contribution in [3.05, 3.63) is 27.5 Å². The van der Waals surface area contributed by atoms with Gasteiger partial charge in [-0.05, 0) is 20.8 Å². The monoisotopic (exact) mass is 250 g/mol. The zero-order valence-electron chi connectivity index (χ0n) is 10.00. The molecular weight excluding hydrogens is 236 g/mol. The number of amides is 1. The van der Waals surface area contributed by atoms with Crippen molar-refractivity contribution in [3.8, 4) is 0 Å². The van der Waals surface area contributed by atoms with Crippen LogP contribution in [0, 0.1) is 20.8 Å². The van der Waals surface area contributed by atoms with Gasteiger partial charge in [-0.15, -0.1) is 11.3 Å². The average molecular weight is 250 g/mol. The lowest BCUT2D eigenvalue weighted by molar-refractivity contribution is -0.115. The number of aromatic nitrogens is 3. The molecule has 0 aliphatic carbocycles. The number of nitrogens with one attached hydrogen (secondary N) is 2. The first-order valence-electron chi connectivity index (χ1n) is 5.28. The second-order valence-corrected chi connectivity index (χ2v) is 4.95. The Kier molecular flexibility index (Phi) is 3.23. The molecular formula is C11H14N4OS. The number of rotatable bonds is 3. The van der Waals surface area contributed by atoms with E-state index in [9.17, 15) is 4.79 Å². The molecule has 0 aliphatic heterocycles. The summed E-state index contributed by atoms with van der Waals surface area (Å²) in [6.45, 7) is 5.66. The van der Waals surface area contributed by atoms with E-state index in [0.717, 1.165) is 27.8 Å². The Bertz CT molecular complexity index is 524. The Balaban J connectivity index is 2.03. The van der Waals surface area contributed by atoms with Gasteiger partial charge in [-0.25, -0.2) is 4.98 Å². The van der Waals surface area contributed by atoms with E-state index >= 15 is 0 Å². The Morgan fingerprint density at radius 1 is 1.47 bits per heavy atom. The SMILES string of the molecule is Cc1nc(CC(=O)Nc2c(C)n[nH]c2C)cs1. The zero-order chi connectivity index (χ0) is 12.4. The highest BCUT2D eigenvalue weighted by Gasteiger charge is 2.11. The Morgan fingerprint density at radius 2 is 2.24 bits per heavy atom. The number of aromatic amines is 1. The maximum atomic E-state index is 11.8. The van der Waals surface area contributed by atoms with Crippen LogP contribution in [-0.4, -0.2) is 21.1 Å². The standard InChI is InChI=1S/C11H14N4OS/c1-6-11(7(2)15-14-6)13-10(16)4-9-5-17-8(3)12-9/h5H,4H2,1-3H3,(H,13,16)(H,14,15). The van der Waals surface area contributed by atoms with Crippen molar-refractivity contribution in [2.45, 2.75) is 27.2 Å². The van der Waals surface area contributed by atoms with Gasteiger partial charge in [-0.3, -0.25) is 9.89 Å². The summed E-state index contributed by atoms with van der Waals surface area (Å²) >= 11 is 1.55. The van der Waals surface area contributed by atoms with Gasteiger partial charge in [0.25, 0.3) is 0 Å². The minimum Gasteiger partial charge on any atom is -0.323 e. The number of thiazole rings is 1. The van der Waals surface area contributed by atoms with Gasteiger partial charge >= 0.3 is 0 Å². The van der Waals surface area contributed by atoms with Crippen molar-refractivity contribution in [1.29, 1.82) is 0 Å². The highest BCUT2D eigenvalue weighted by atomic mass is 32.1. The summed E-state index contributed by atoms with van der Waals surface area (Å²) in [5, 5.41) is 12.6. The van der Waals surface area contributed by atoms with Crippen LogP contribution < -0.4 is 5.32 Å². The molecule has 0 saturated heterocycles. The smallest absolute Gasteiger partial charge is 0.230 e. The second kappa shape index (κ2) is 4.67. The summed E-state index contributed by atoms with van der Waals surface area (Å²) in [4.78, 5) is 16.1. The van der Waals surface area contributed by atoms with Crippen LogP contribution in [0.5, 0.6) is 0 Å². The van der Waals surface area contributed by atoms with Crippen molar-refractivity contribution in [2.24, 2.45) is 0 Å². The third-order valence-electron chi connectivity index (χ3n) is 2.40. The van der Waals surface area contributed by atoms with E-state index < -0.39 is 0 Å². The molecule has 0 atom stereocenters. The fourth-order valence-electron chi connectivity index (χ4n) is 1.57. The molecule has 90 valence electrons. The lowest BCUT2D eigenvalue weighted by Crippen LogP contribution is -2.15. The molecule has 0 unspecified atom stereocenters. The Hall–Kier alpha value is -1.69. The van der Waals surface area contributed by atoms with Crippen molar-refractivity contribution in [2.75, 3.05) is 5.32 Å². The van der Waals surface area contributed by atoms with Gasteiger partial charge < -0.3 is 5.32 Å². The molecule has 0 spiro atoms. The fraction of sp³-hybridized carbons (Fsp3) is 0.364. The molecule has 0 radical (unpaired) electrons. The van der Waals surface area contributed by atoms with Crippen molar-refractivity contribution >= 4 is 22.9 Å². The van der Waals surface area contributed by atoms with E-state index in [0.29, 0.717) is 6.42 Å². The van der Waals surface area contributed by atoms with Gasteiger partial charge in [-0.1, -0.05) is 0 Å². The van der Waals surface area contributed by atoms with Crippen LogP contribution in [0.1, 0.15) is 22.1 Å². The molecule has 2 N–H and O–H groups in total. The lowest BCUT2D eigenvalue weighted by atomic mass is 10.2. The minimum absolute atomic E-state index is 0.0668. The molecule has 5 nitrogen and oxygen atoms in total.